The van der Waals surface area contributed by atoms with E-state index in [1.165, 1.54) is 17.7 Å². The molecule has 0 amide bonds. The van der Waals surface area contributed by atoms with E-state index in [1.807, 2.05) is 31.2 Å². The van der Waals surface area contributed by atoms with Gasteiger partial charge in [0.1, 0.15) is 5.82 Å². The monoisotopic (exact) mass is 339 g/mol. The lowest BCUT2D eigenvalue weighted by molar-refractivity contribution is 0.380. The number of hydrogen-bond donors (Lipinski definition) is 1. The van der Waals surface area contributed by atoms with Gasteiger partial charge in [-0.15, -0.1) is 10.2 Å². The minimum absolute atomic E-state index is 0.0790. The summed E-state index contributed by atoms with van der Waals surface area (Å²) in [4.78, 5) is 0. The zero-order valence-electron chi connectivity index (χ0n) is 14.7. The highest BCUT2D eigenvalue weighted by Crippen LogP contribution is 2.23. The molecule has 4 nitrogen and oxygen atoms in total. The molecule has 0 radical (unpaired) electrons. The average Bonchev–Trinajstić information content (AvgIpc) is 3.06. The predicted molar refractivity (Wildman–Crippen MR) is 95.3 cm³/mol. The molecule has 1 N–H and O–H groups in total. The van der Waals surface area contributed by atoms with Crippen molar-refractivity contribution in [2.24, 2.45) is 5.92 Å². The van der Waals surface area contributed by atoms with Crippen LogP contribution in [0.1, 0.15) is 36.9 Å². The smallest absolute Gasteiger partial charge is 0.247 e. The summed E-state index contributed by atoms with van der Waals surface area (Å²) in [5, 5.41) is 11.7. The van der Waals surface area contributed by atoms with Crippen LogP contribution >= 0.6 is 0 Å². The maximum Gasteiger partial charge on any atom is 0.247 e. The molecule has 130 valence electrons. The van der Waals surface area contributed by atoms with Gasteiger partial charge in [0.15, 0.2) is 0 Å². The highest BCUT2D eigenvalue weighted by molar-refractivity contribution is 5.52. The van der Waals surface area contributed by atoms with Crippen LogP contribution in [-0.4, -0.2) is 10.2 Å². The van der Waals surface area contributed by atoms with Crippen LogP contribution in [0.25, 0.3) is 11.5 Å². The lowest BCUT2D eigenvalue weighted by Crippen LogP contribution is -2.25. The quantitative estimate of drug-likeness (QED) is 0.709. The van der Waals surface area contributed by atoms with Crippen LogP contribution in [0, 0.1) is 18.7 Å². The second kappa shape index (κ2) is 7.57. The van der Waals surface area contributed by atoms with Crippen LogP contribution in [0.4, 0.5) is 4.39 Å². The fraction of sp³-hybridized carbons (Fsp3) is 0.300. The van der Waals surface area contributed by atoms with Gasteiger partial charge in [0.05, 0.1) is 6.54 Å². The van der Waals surface area contributed by atoms with Gasteiger partial charge in [-0.1, -0.05) is 43.7 Å². The van der Waals surface area contributed by atoms with E-state index < -0.39 is 0 Å². The number of nitrogens with zero attached hydrogens (tertiary/aromatic N) is 2. The van der Waals surface area contributed by atoms with E-state index in [0.717, 1.165) is 11.1 Å². The molecule has 1 aromatic heterocycles. The van der Waals surface area contributed by atoms with Crippen molar-refractivity contribution in [3.8, 4) is 11.5 Å². The van der Waals surface area contributed by atoms with Crippen molar-refractivity contribution in [2.75, 3.05) is 0 Å². The van der Waals surface area contributed by atoms with Gasteiger partial charge in [0.2, 0.25) is 11.8 Å². The van der Waals surface area contributed by atoms with Crippen LogP contribution in [-0.2, 0) is 6.54 Å². The van der Waals surface area contributed by atoms with Crippen LogP contribution in [0.5, 0.6) is 0 Å². The average molecular weight is 339 g/mol. The Morgan fingerprint density at radius 1 is 1.00 bits per heavy atom. The van der Waals surface area contributed by atoms with Crippen molar-refractivity contribution >= 4 is 0 Å². The molecule has 1 heterocycles. The van der Waals surface area contributed by atoms with E-state index in [2.05, 4.69) is 29.4 Å². The number of benzene rings is 2. The molecule has 0 saturated heterocycles. The van der Waals surface area contributed by atoms with E-state index in [-0.39, 0.29) is 11.9 Å². The molecule has 0 aliphatic carbocycles. The molecule has 0 saturated carbocycles. The Morgan fingerprint density at radius 2 is 1.68 bits per heavy atom. The van der Waals surface area contributed by atoms with Gasteiger partial charge < -0.3 is 9.73 Å². The molecule has 3 rings (SSSR count). The zero-order chi connectivity index (χ0) is 17.8. The number of aromatic nitrogens is 2. The maximum atomic E-state index is 13.1. The Bertz CT molecular complexity index is 810. The number of nitrogens with one attached hydrogen (secondary N) is 1. The van der Waals surface area contributed by atoms with Crippen molar-refractivity contribution in [2.45, 2.75) is 33.4 Å². The molecule has 0 aliphatic rings. The minimum Gasteiger partial charge on any atom is -0.419 e. The highest BCUT2D eigenvalue weighted by Gasteiger charge is 2.17. The van der Waals surface area contributed by atoms with Gasteiger partial charge in [-0.2, -0.15) is 0 Å². The molecule has 0 spiro atoms. The number of halogens is 1. The Labute approximate surface area is 147 Å². The van der Waals surface area contributed by atoms with E-state index in [9.17, 15) is 4.39 Å². The van der Waals surface area contributed by atoms with Crippen LogP contribution in [0.2, 0.25) is 0 Å². The molecule has 5 heteroatoms. The molecule has 0 aliphatic heterocycles. The van der Waals surface area contributed by atoms with Gasteiger partial charge in [-0.25, -0.2) is 4.39 Å². The van der Waals surface area contributed by atoms with Crippen LogP contribution in [0.3, 0.4) is 0 Å². The fourth-order valence-corrected chi connectivity index (χ4v) is 2.74. The third-order valence-electron chi connectivity index (χ3n) is 4.13. The molecule has 2 aromatic carbocycles. The van der Waals surface area contributed by atoms with Gasteiger partial charge in [-0.3, -0.25) is 0 Å². The van der Waals surface area contributed by atoms with E-state index in [0.29, 0.717) is 24.2 Å². The highest BCUT2D eigenvalue weighted by atomic mass is 19.1. The third-order valence-corrected chi connectivity index (χ3v) is 4.13. The van der Waals surface area contributed by atoms with Crippen molar-refractivity contribution in [1.29, 1.82) is 0 Å². The fourth-order valence-electron chi connectivity index (χ4n) is 2.74. The molecule has 0 bridgehead atoms. The Morgan fingerprint density at radius 3 is 2.32 bits per heavy atom. The molecule has 0 fully saturated rings. The largest absolute Gasteiger partial charge is 0.419 e. The topological polar surface area (TPSA) is 51.0 Å². The molecule has 3 aromatic rings. The summed E-state index contributed by atoms with van der Waals surface area (Å²) in [5.41, 5.74) is 3.13. The SMILES string of the molecule is Cc1ccc(-c2nnc(CN[C@H](c3ccc(F)cc3)C(C)C)o2)cc1. The zero-order valence-corrected chi connectivity index (χ0v) is 14.7. The second-order valence-corrected chi connectivity index (χ2v) is 6.52. The molecule has 25 heavy (non-hydrogen) atoms. The molecule has 0 unspecified atom stereocenters. The summed E-state index contributed by atoms with van der Waals surface area (Å²) in [6.45, 7) is 6.73. The first-order chi connectivity index (χ1) is 12.0. The summed E-state index contributed by atoms with van der Waals surface area (Å²) in [6, 6.07) is 14.6. The lowest BCUT2D eigenvalue weighted by atomic mass is 9.96. The number of aryl methyl sites for hydroxylation is 1. The van der Waals surface area contributed by atoms with E-state index >= 15 is 0 Å². The van der Waals surface area contributed by atoms with Crippen molar-refractivity contribution in [3.63, 3.8) is 0 Å². The summed E-state index contributed by atoms with van der Waals surface area (Å²) in [7, 11) is 0. The van der Waals surface area contributed by atoms with Crippen molar-refractivity contribution in [3.05, 3.63) is 71.4 Å². The van der Waals surface area contributed by atoms with Gasteiger partial charge in [0, 0.05) is 11.6 Å². The van der Waals surface area contributed by atoms with E-state index in [1.54, 1.807) is 12.1 Å². The standard InChI is InChI=1S/C20H22FN3O/c1-13(2)19(15-8-10-17(21)11-9-15)22-12-18-23-24-20(25-18)16-6-4-14(3)5-7-16/h4-11,13,19,22H,12H2,1-3H3/t19-/m0/s1. The predicted octanol–water partition coefficient (Wildman–Crippen LogP) is 4.67. The minimum atomic E-state index is -0.231. The first-order valence-corrected chi connectivity index (χ1v) is 8.41. The lowest BCUT2D eigenvalue weighted by Gasteiger charge is -2.22. The van der Waals surface area contributed by atoms with E-state index in [4.69, 9.17) is 4.42 Å². The van der Waals surface area contributed by atoms with Crippen LogP contribution < -0.4 is 5.32 Å². The number of hydrogen-bond acceptors (Lipinski definition) is 4. The third kappa shape index (κ3) is 4.31. The Balaban J connectivity index is 1.69. The molecular weight excluding hydrogens is 317 g/mol. The Kier molecular flexibility index (Phi) is 5.24. The summed E-state index contributed by atoms with van der Waals surface area (Å²) >= 11 is 0. The number of rotatable bonds is 6. The van der Waals surface area contributed by atoms with Crippen molar-refractivity contribution < 1.29 is 8.81 Å². The van der Waals surface area contributed by atoms with Crippen LogP contribution in [0.15, 0.2) is 52.9 Å². The maximum absolute atomic E-state index is 13.1. The summed E-state index contributed by atoms with van der Waals surface area (Å²) in [5.74, 6) is 1.15. The molecule has 1 atom stereocenters. The first-order valence-electron chi connectivity index (χ1n) is 8.41. The van der Waals surface area contributed by atoms with Gasteiger partial charge >= 0.3 is 0 Å². The summed E-state index contributed by atoms with van der Waals surface area (Å²) in [6.07, 6.45) is 0. The molecular formula is C20H22FN3O. The first kappa shape index (κ1) is 17.3. The second-order valence-electron chi connectivity index (χ2n) is 6.52. The summed E-state index contributed by atoms with van der Waals surface area (Å²) < 4.78 is 18.9. The van der Waals surface area contributed by atoms with Gasteiger partial charge in [0.25, 0.3) is 0 Å². The van der Waals surface area contributed by atoms with Gasteiger partial charge in [-0.05, 0) is 42.7 Å². The van der Waals surface area contributed by atoms with Crippen molar-refractivity contribution in [1.82, 2.24) is 15.5 Å². The normalized spacial score (nSPS) is 12.5. The Hall–Kier alpha value is -2.53.